The van der Waals surface area contributed by atoms with Gasteiger partial charge in [-0.05, 0) is 30.0 Å². The van der Waals surface area contributed by atoms with Crippen molar-refractivity contribution in [2.24, 2.45) is 5.73 Å². The van der Waals surface area contributed by atoms with Gasteiger partial charge in [-0.2, -0.15) is 13.2 Å². The van der Waals surface area contributed by atoms with Crippen LogP contribution in [0.2, 0.25) is 0 Å². The first-order valence-electron chi connectivity index (χ1n) is 9.08. The fourth-order valence-electron chi connectivity index (χ4n) is 3.00. The summed E-state index contributed by atoms with van der Waals surface area (Å²) in [6.07, 6.45) is -5.67. The van der Waals surface area contributed by atoms with Crippen LogP contribution in [0.3, 0.4) is 0 Å². The Balaban J connectivity index is 2.19. The number of rotatable bonds is 9. The lowest BCUT2D eigenvalue weighted by molar-refractivity contribution is -0.151. The van der Waals surface area contributed by atoms with Crippen LogP contribution < -0.4 is 5.73 Å². The van der Waals surface area contributed by atoms with E-state index in [0.717, 1.165) is 5.56 Å². The zero-order valence-electron chi connectivity index (χ0n) is 15.9. The van der Waals surface area contributed by atoms with E-state index >= 15 is 0 Å². The van der Waals surface area contributed by atoms with Gasteiger partial charge in [0.1, 0.15) is 11.8 Å². The van der Waals surface area contributed by atoms with Crippen LogP contribution >= 0.6 is 0 Å². The van der Waals surface area contributed by atoms with Crippen LogP contribution in [0, 0.1) is 4.78 Å². The Kier molecular flexibility index (Phi) is 7.49. The topological polar surface area (TPSA) is 124 Å². The van der Waals surface area contributed by atoms with Crippen molar-refractivity contribution >= 4 is 15.7 Å². The second-order valence-electron chi connectivity index (χ2n) is 6.98. The Bertz CT molecular complexity index is 979. The Hall–Kier alpha value is -2.59. The van der Waals surface area contributed by atoms with E-state index in [-0.39, 0.29) is 12.0 Å². The molecule has 0 saturated heterocycles. The third-order valence-corrected chi connectivity index (χ3v) is 6.51. The molecule has 0 saturated carbocycles. The molecule has 0 spiro atoms. The van der Waals surface area contributed by atoms with Gasteiger partial charge in [0, 0.05) is 26.8 Å². The molecule has 0 amide bonds. The van der Waals surface area contributed by atoms with Crippen LogP contribution in [-0.4, -0.2) is 44.1 Å². The van der Waals surface area contributed by atoms with Crippen molar-refractivity contribution in [3.63, 3.8) is 0 Å². The molecule has 0 bridgehead atoms. The second-order valence-corrected chi connectivity index (χ2v) is 9.42. The van der Waals surface area contributed by atoms with Crippen LogP contribution in [-0.2, 0) is 14.5 Å². The molecule has 3 atom stereocenters. The van der Waals surface area contributed by atoms with E-state index < -0.39 is 57.5 Å². The largest absolute Gasteiger partial charge is 0.508 e. The number of phenols is 1. The number of alkyl halides is 3. The molecule has 0 aliphatic heterocycles. The van der Waals surface area contributed by atoms with Gasteiger partial charge in [0.05, 0.1) is 5.92 Å². The molecule has 2 rings (SSSR count). The van der Waals surface area contributed by atoms with E-state index in [1.165, 1.54) is 18.2 Å². The first-order chi connectivity index (χ1) is 13.9. The molecule has 2 aromatic rings. The summed E-state index contributed by atoms with van der Waals surface area (Å²) < 4.78 is 61.0. The molecule has 0 radical (unpaired) electrons. The fourth-order valence-corrected chi connectivity index (χ4v) is 4.45. The van der Waals surface area contributed by atoms with E-state index in [2.05, 4.69) is 0 Å². The van der Waals surface area contributed by atoms with Crippen molar-refractivity contribution in [1.29, 1.82) is 4.78 Å². The number of carboxylic acids is 1. The normalized spacial score (nSPS) is 15.9. The number of hydrogen-bond donors (Lipinski definition) is 4. The van der Waals surface area contributed by atoms with Gasteiger partial charge < -0.3 is 15.9 Å². The summed E-state index contributed by atoms with van der Waals surface area (Å²) in [5.74, 6) is -4.99. The maximum Gasteiger partial charge on any atom is 0.395 e. The van der Waals surface area contributed by atoms with E-state index in [9.17, 15) is 27.3 Å². The molecule has 0 aliphatic carbocycles. The lowest BCUT2D eigenvalue weighted by atomic mass is 9.92. The second kappa shape index (κ2) is 9.48. The van der Waals surface area contributed by atoms with Gasteiger partial charge in [-0.3, -0.25) is 9.57 Å². The van der Waals surface area contributed by atoms with E-state index in [1.807, 2.05) is 0 Å². The van der Waals surface area contributed by atoms with Crippen molar-refractivity contribution in [2.45, 2.75) is 31.0 Å². The van der Waals surface area contributed by atoms with Crippen LogP contribution in [0.15, 0.2) is 48.5 Å². The van der Waals surface area contributed by atoms with Gasteiger partial charge in [0.2, 0.25) is 0 Å². The summed E-state index contributed by atoms with van der Waals surface area (Å²) in [5, 5.41) is 19.0. The van der Waals surface area contributed by atoms with Gasteiger partial charge >= 0.3 is 12.1 Å². The third-order valence-electron chi connectivity index (χ3n) is 4.72. The molecule has 0 heterocycles. The maximum absolute atomic E-state index is 13.6. The number of halogens is 3. The van der Waals surface area contributed by atoms with Crippen molar-refractivity contribution in [2.75, 3.05) is 11.5 Å². The average molecular weight is 444 g/mol. The highest BCUT2D eigenvalue weighted by Crippen LogP contribution is 2.42. The van der Waals surface area contributed by atoms with Crippen molar-refractivity contribution < 1.29 is 32.4 Å². The van der Waals surface area contributed by atoms with Crippen LogP contribution in [0.25, 0.3) is 11.1 Å². The molecule has 6 nitrogen and oxygen atoms in total. The summed E-state index contributed by atoms with van der Waals surface area (Å²) in [6, 6.07) is 11.4. The third kappa shape index (κ3) is 6.46. The fraction of sp³-hybridized carbons (Fsp3) is 0.350. The van der Waals surface area contributed by atoms with Crippen LogP contribution in [0.5, 0.6) is 5.75 Å². The van der Waals surface area contributed by atoms with Crippen LogP contribution in [0.1, 0.15) is 24.3 Å². The van der Waals surface area contributed by atoms with Crippen molar-refractivity contribution in [3.05, 3.63) is 54.1 Å². The minimum Gasteiger partial charge on any atom is -0.508 e. The molecular formula is C20H23F3N2O4S. The lowest BCUT2D eigenvalue weighted by Crippen LogP contribution is -2.32. The number of carbonyl (C=O) groups is 1. The Morgan fingerprint density at radius 3 is 2.20 bits per heavy atom. The summed E-state index contributed by atoms with van der Waals surface area (Å²) in [4.78, 5) is 10.7. The number of benzene rings is 2. The van der Waals surface area contributed by atoms with Gasteiger partial charge in [-0.1, -0.05) is 42.5 Å². The van der Waals surface area contributed by atoms with Crippen molar-refractivity contribution in [1.82, 2.24) is 0 Å². The standard InChI is InChI=1S/C20H23F3N2O4S/c21-20(22,23)16(8-10-30(25,29)11-9-17(24)19(27)28)15-7-6-14(12-18(15)26)13-4-2-1-3-5-13/h1-7,12,16-17,25-26H,8-11,24H2,(H,27,28)/t16?,17-,30?/m0/s1. The first-order valence-corrected chi connectivity index (χ1v) is 11.0. The molecule has 0 aliphatic rings. The highest BCUT2D eigenvalue weighted by molar-refractivity contribution is 7.92. The summed E-state index contributed by atoms with van der Waals surface area (Å²) in [5.41, 5.74) is 6.21. The molecule has 30 heavy (non-hydrogen) atoms. The minimum atomic E-state index is -4.72. The van der Waals surface area contributed by atoms with Gasteiger partial charge in [-0.15, -0.1) is 0 Å². The molecule has 164 valence electrons. The van der Waals surface area contributed by atoms with Crippen LogP contribution in [0.4, 0.5) is 13.2 Å². The molecular weight excluding hydrogens is 421 g/mol. The van der Waals surface area contributed by atoms with E-state index in [0.29, 0.717) is 5.56 Å². The number of nitrogens with one attached hydrogen (secondary N) is 1. The Morgan fingerprint density at radius 1 is 1.07 bits per heavy atom. The lowest BCUT2D eigenvalue weighted by Gasteiger charge is -2.22. The summed E-state index contributed by atoms with van der Waals surface area (Å²) >= 11 is 0. The zero-order chi connectivity index (χ0) is 22.5. The number of carboxylic acid groups (broad SMARTS) is 1. The Morgan fingerprint density at radius 2 is 1.67 bits per heavy atom. The maximum atomic E-state index is 13.6. The van der Waals surface area contributed by atoms with E-state index in [4.69, 9.17) is 15.6 Å². The summed E-state index contributed by atoms with van der Waals surface area (Å²) in [6.45, 7) is 0. The molecule has 5 N–H and O–H groups in total. The number of hydrogen-bond acceptors (Lipinski definition) is 5. The predicted octanol–water partition coefficient (Wildman–Crippen LogP) is 3.94. The van der Waals surface area contributed by atoms with Gasteiger partial charge in [0.15, 0.2) is 0 Å². The average Bonchev–Trinajstić information content (AvgIpc) is 2.67. The highest BCUT2D eigenvalue weighted by atomic mass is 32.2. The van der Waals surface area contributed by atoms with E-state index in [1.54, 1.807) is 30.3 Å². The molecule has 0 fully saturated rings. The minimum absolute atomic E-state index is 0.272. The molecule has 2 unspecified atom stereocenters. The molecule has 0 aromatic heterocycles. The molecule has 2 aromatic carbocycles. The monoisotopic (exact) mass is 444 g/mol. The first kappa shape index (κ1) is 23.7. The number of aromatic hydroxyl groups is 1. The van der Waals surface area contributed by atoms with Crippen molar-refractivity contribution in [3.8, 4) is 16.9 Å². The van der Waals surface area contributed by atoms with Gasteiger partial charge in [-0.25, -0.2) is 4.21 Å². The quantitative estimate of drug-likeness (QED) is 0.466. The zero-order valence-corrected chi connectivity index (χ0v) is 16.7. The number of nitrogens with two attached hydrogens (primary N) is 1. The Labute approximate surface area is 172 Å². The number of aliphatic carboxylic acids is 1. The highest BCUT2D eigenvalue weighted by Gasteiger charge is 2.42. The SMILES string of the molecule is N=S(=O)(CCC(c1ccc(-c2ccccc2)cc1O)C(F)(F)F)CC[C@H](N)C(=O)O. The number of phenolic OH excluding ortho intramolecular Hbond substituents is 1. The summed E-state index contributed by atoms with van der Waals surface area (Å²) in [7, 11) is -3.46. The smallest absolute Gasteiger partial charge is 0.395 e. The molecule has 10 heteroatoms. The predicted molar refractivity (Wildman–Crippen MR) is 108 cm³/mol. The van der Waals surface area contributed by atoms with Gasteiger partial charge in [0.25, 0.3) is 0 Å².